The zero-order chi connectivity index (χ0) is 22.2. The standard InChI is InChI=1S/C21H27ClN6O2S/c1-14(2)31-21-26-19(24-9-11-30-3)17-13-25-28(20(17)27-21)10-8-23-18(29)12-15-4-6-16(22)7-5-15/h4-7,13-14H,8-12H2,1-3H3,(H,23,29)(H,24,26,27). The Bertz CT molecular complexity index is 1010. The maximum absolute atomic E-state index is 12.2. The quantitative estimate of drug-likeness (QED) is 0.256. The number of carbonyl (C=O) groups is 1. The van der Waals surface area contributed by atoms with Crippen LogP contribution in [0.4, 0.5) is 5.82 Å². The summed E-state index contributed by atoms with van der Waals surface area (Å²) < 4.78 is 6.92. The molecule has 0 aliphatic heterocycles. The van der Waals surface area contributed by atoms with E-state index in [-0.39, 0.29) is 5.91 Å². The Labute approximate surface area is 191 Å². The number of amides is 1. The Morgan fingerprint density at radius 3 is 2.71 bits per heavy atom. The zero-order valence-corrected chi connectivity index (χ0v) is 19.5. The zero-order valence-electron chi connectivity index (χ0n) is 17.9. The second kappa shape index (κ2) is 11.3. The molecular formula is C21H27ClN6O2S. The molecule has 0 aliphatic carbocycles. The van der Waals surface area contributed by atoms with Crippen LogP contribution in [0.15, 0.2) is 35.6 Å². The molecule has 2 heterocycles. The topological polar surface area (TPSA) is 94.0 Å². The first-order valence-corrected chi connectivity index (χ1v) is 11.4. The van der Waals surface area contributed by atoms with Crippen molar-refractivity contribution in [2.45, 2.75) is 37.2 Å². The molecule has 0 saturated heterocycles. The summed E-state index contributed by atoms with van der Waals surface area (Å²) in [6.07, 6.45) is 2.06. The number of hydrogen-bond acceptors (Lipinski definition) is 7. The smallest absolute Gasteiger partial charge is 0.224 e. The first-order valence-electron chi connectivity index (χ1n) is 10.1. The minimum absolute atomic E-state index is 0.0496. The normalized spacial score (nSPS) is 11.3. The van der Waals surface area contributed by atoms with Gasteiger partial charge in [0.2, 0.25) is 5.91 Å². The number of ether oxygens (including phenoxy) is 1. The van der Waals surface area contributed by atoms with Crippen molar-refractivity contribution in [2.75, 3.05) is 32.1 Å². The van der Waals surface area contributed by atoms with Crippen molar-refractivity contribution >= 4 is 46.1 Å². The molecule has 0 aliphatic rings. The number of benzene rings is 1. The fourth-order valence-electron chi connectivity index (χ4n) is 2.92. The molecule has 166 valence electrons. The van der Waals surface area contributed by atoms with E-state index in [1.54, 1.807) is 41.9 Å². The molecule has 1 amide bonds. The predicted molar refractivity (Wildman–Crippen MR) is 125 cm³/mol. The van der Waals surface area contributed by atoms with E-state index in [1.807, 2.05) is 12.1 Å². The molecule has 31 heavy (non-hydrogen) atoms. The van der Waals surface area contributed by atoms with Crippen LogP contribution in [0, 0.1) is 0 Å². The summed E-state index contributed by atoms with van der Waals surface area (Å²) in [5.41, 5.74) is 1.66. The highest BCUT2D eigenvalue weighted by atomic mass is 35.5. The van der Waals surface area contributed by atoms with Crippen LogP contribution in [0.3, 0.4) is 0 Å². The van der Waals surface area contributed by atoms with E-state index >= 15 is 0 Å². The van der Waals surface area contributed by atoms with Crippen LogP contribution in [0.25, 0.3) is 11.0 Å². The summed E-state index contributed by atoms with van der Waals surface area (Å²) in [6, 6.07) is 7.27. The fraction of sp³-hybridized carbons (Fsp3) is 0.429. The van der Waals surface area contributed by atoms with Crippen molar-refractivity contribution in [3.63, 3.8) is 0 Å². The van der Waals surface area contributed by atoms with Gasteiger partial charge < -0.3 is 15.4 Å². The molecule has 0 saturated carbocycles. The van der Waals surface area contributed by atoms with Gasteiger partial charge in [-0.25, -0.2) is 14.6 Å². The molecule has 0 fully saturated rings. The molecule has 2 N–H and O–H groups in total. The molecular weight excluding hydrogens is 436 g/mol. The van der Waals surface area contributed by atoms with Gasteiger partial charge >= 0.3 is 0 Å². The number of methoxy groups -OCH3 is 1. The molecule has 3 rings (SSSR count). The number of nitrogens with zero attached hydrogens (tertiary/aromatic N) is 4. The molecule has 10 heteroatoms. The van der Waals surface area contributed by atoms with E-state index in [9.17, 15) is 4.79 Å². The lowest BCUT2D eigenvalue weighted by Crippen LogP contribution is -2.28. The molecule has 1 aromatic carbocycles. The van der Waals surface area contributed by atoms with Gasteiger partial charge in [-0.15, -0.1) is 0 Å². The van der Waals surface area contributed by atoms with Gasteiger partial charge in [0.15, 0.2) is 10.8 Å². The lowest BCUT2D eigenvalue weighted by atomic mass is 10.1. The number of hydrogen-bond donors (Lipinski definition) is 2. The van der Waals surface area contributed by atoms with Gasteiger partial charge in [-0.05, 0) is 17.7 Å². The number of nitrogens with one attached hydrogen (secondary N) is 2. The van der Waals surface area contributed by atoms with E-state index in [2.05, 4.69) is 34.6 Å². The van der Waals surface area contributed by atoms with Crippen molar-refractivity contribution < 1.29 is 9.53 Å². The van der Waals surface area contributed by atoms with Gasteiger partial charge in [-0.2, -0.15) is 5.10 Å². The first kappa shape index (κ1) is 23.3. The number of anilines is 1. The molecule has 0 unspecified atom stereocenters. The SMILES string of the molecule is COCCNc1nc(SC(C)C)nc2c1cnn2CCNC(=O)Cc1ccc(Cl)cc1. The average Bonchev–Trinajstić information content (AvgIpc) is 3.12. The Hall–Kier alpha value is -2.36. The summed E-state index contributed by atoms with van der Waals surface area (Å²) in [6.45, 7) is 6.38. The van der Waals surface area contributed by atoms with E-state index in [4.69, 9.17) is 21.3 Å². The molecule has 8 nitrogen and oxygen atoms in total. The maximum atomic E-state index is 12.2. The summed E-state index contributed by atoms with van der Waals surface area (Å²) in [5.74, 6) is 0.689. The molecule has 0 bridgehead atoms. The van der Waals surface area contributed by atoms with E-state index in [0.717, 1.165) is 22.4 Å². The number of rotatable bonds is 11. The number of aromatic nitrogens is 4. The van der Waals surface area contributed by atoms with Crippen LogP contribution in [0.1, 0.15) is 19.4 Å². The van der Waals surface area contributed by atoms with E-state index in [0.29, 0.717) is 48.1 Å². The van der Waals surface area contributed by atoms with Crippen LogP contribution >= 0.6 is 23.4 Å². The van der Waals surface area contributed by atoms with Crippen molar-refractivity contribution in [1.29, 1.82) is 0 Å². The molecule has 0 radical (unpaired) electrons. The van der Waals surface area contributed by atoms with Gasteiger partial charge in [0, 0.05) is 30.5 Å². The van der Waals surface area contributed by atoms with Crippen LogP contribution in [0.2, 0.25) is 5.02 Å². The van der Waals surface area contributed by atoms with Crippen molar-refractivity contribution in [2.24, 2.45) is 0 Å². The van der Waals surface area contributed by atoms with E-state index < -0.39 is 0 Å². The summed E-state index contributed by atoms with van der Waals surface area (Å²) in [4.78, 5) is 21.6. The highest BCUT2D eigenvalue weighted by molar-refractivity contribution is 7.99. The maximum Gasteiger partial charge on any atom is 0.224 e. The van der Waals surface area contributed by atoms with Gasteiger partial charge in [0.05, 0.1) is 31.2 Å². The lowest BCUT2D eigenvalue weighted by molar-refractivity contribution is -0.120. The van der Waals surface area contributed by atoms with Crippen LogP contribution in [-0.2, 0) is 22.5 Å². The number of carbonyl (C=O) groups excluding carboxylic acids is 1. The van der Waals surface area contributed by atoms with Gasteiger partial charge in [0.1, 0.15) is 5.82 Å². The highest BCUT2D eigenvalue weighted by Gasteiger charge is 2.14. The van der Waals surface area contributed by atoms with Crippen molar-refractivity contribution in [3.05, 3.63) is 41.0 Å². The monoisotopic (exact) mass is 462 g/mol. The third-order valence-corrected chi connectivity index (χ3v) is 5.46. The third kappa shape index (κ3) is 6.81. The van der Waals surface area contributed by atoms with Gasteiger partial charge in [-0.3, -0.25) is 4.79 Å². The number of fused-ring (bicyclic) bond motifs is 1. The Morgan fingerprint density at radius 2 is 2.00 bits per heavy atom. The summed E-state index contributed by atoms with van der Waals surface area (Å²) >= 11 is 7.49. The van der Waals surface area contributed by atoms with Gasteiger partial charge in [0.25, 0.3) is 0 Å². The fourth-order valence-corrected chi connectivity index (χ4v) is 3.75. The minimum Gasteiger partial charge on any atom is -0.383 e. The lowest BCUT2D eigenvalue weighted by Gasteiger charge is -2.11. The van der Waals surface area contributed by atoms with Crippen LogP contribution < -0.4 is 10.6 Å². The molecule has 3 aromatic rings. The van der Waals surface area contributed by atoms with Crippen molar-refractivity contribution in [1.82, 2.24) is 25.1 Å². The van der Waals surface area contributed by atoms with Crippen molar-refractivity contribution in [3.8, 4) is 0 Å². The Morgan fingerprint density at radius 1 is 1.23 bits per heavy atom. The summed E-state index contributed by atoms with van der Waals surface area (Å²) in [7, 11) is 1.66. The minimum atomic E-state index is -0.0496. The second-order valence-electron chi connectivity index (χ2n) is 7.20. The second-order valence-corrected chi connectivity index (χ2v) is 9.18. The Kier molecular flexibility index (Phi) is 8.51. The first-order chi connectivity index (χ1) is 15.0. The summed E-state index contributed by atoms with van der Waals surface area (Å²) in [5, 5.41) is 13.2. The van der Waals surface area contributed by atoms with Crippen LogP contribution in [0.5, 0.6) is 0 Å². The Balaban J connectivity index is 1.67. The average molecular weight is 463 g/mol. The number of halogens is 1. The molecule has 0 spiro atoms. The predicted octanol–water partition coefficient (Wildman–Crippen LogP) is 3.40. The van der Waals surface area contributed by atoms with E-state index in [1.165, 1.54) is 0 Å². The number of thioether (sulfide) groups is 1. The van der Waals surface area contributed by atoms with Gasteiger partial charge in [-0.1, -0.05) is 49.3 Å². The molecule has 0 atom stereocenters. The van der Waals surface area contributed by atoms with Crippen LogP contribution in [-0.4, -0.2) is 57.7 Å². The highest BCUT2D eigenvalue weighted by Crippen LogP contribution is 2.26. The molecule has 2 aromatic heterocycles. The largest absolute Gasteiger partial charge is 0.383 e. The third-order valence-electron chi connectivity index (χ3n) is 4.34.